The number of nitrogens with zero attached hydrogens (tertiary/aromatic N) is 8. The lowest BCUT2D eigenvalue weighted by molar-refractivity contribution is -0.185. The first-order chi connectivity index (χ1) is 27.0. The number of carbonyl (C=O) groups excluding carboxylic acids is 3. The molecule has 4 aliphatic carbocycles. The van der Waals surface area contributed by atoms with Crippen LogP contribution in [0, 0.1) is 11.3 Å². The van der Waals surface area contributed by atoms with Gasteiger partial charge in [0.05, 0.1) is 22.9 Å². The average Bonchev–Trinajstić information content (AvgIpc) is 3.88. The summed E-state index contributed by atoms with van der Waals surface area (Å²) in [7, 11) is 5.37. The molecular weight excluding hydrogens is 709 g/mol. The summed E-state index contributed by atoms with van der Waals surface area (Å²) in [5.74, 6) is 1.08. The number of amides is 3. The third-order valence-electron chi connectivity index (χ3n) is 13.9. The first kappa shape index (κ1) is 34.9. The largest absolute Gasteiger partial charge is 0.370 e. The summed E-state index contributed by atoms with van der Waals surface area (Å²) in [4.78, 5) is 69.5. The van der Waals surface area contributed by atoms with Crippen LogP contribution in [0.15, 0.2) is 53.6 Å². The first-order valence-corrected chi connectivity index (χ1v) is 20.2. The van der Waals surface area contributed by atoms with Crippen LogP contribution in [-0.2, 0) is 22.1 Å². The maximum Gasteiger partial charge on any atom is 0.329 e. The predicted octanol–water partition coefficient (Wildman–Crippen LogP) is 5.36. The molecule has 0 unspecified atom stereocenters. The minimum absolute atomic E-state index is 0.0257. The highest BCUT2D eigenvalue weighted by Crippen LogP contribution is 2.77. The highest BCUT2D eigenvalue weighted by Gasteiger charge is 2.70. The number of fused-ring (bicyclic) bond motifs is 2. The fraction of sp³-hybridized carbons (Fsp3) is 0.500. The van der Waals surface area contributed by atoms with Gasteiger partial charge < -0.3 is 19.7 Å². The maximum atomic E-state index is 13.5. The third-order valence-corrected chi connectivity index (χ3v) is 13.9. The molecule has 0 radical (unpaired) electrons. The number of para-hydroxylation sites is 1. The Bertz CT molecular complexity index is 2460. The molecular formula is C42H48N10O4. The molecule has 11 rings (SSSR count). The van der Waals surface area contributed by atoms with Crippen LogP contribution >= 0.6 is 0 Å². The van der Waals surface area contributed by atoms with Crippen LogP contribution < -0.4 is 21.2 Å². The molecule has 2 bridgehead atoms. The molecule has 5 aromatic rings. The zero-order valence-electron chi connectivity index (χ0n) is 32.3. The smallest absolute Gasteiger partial charge is 0.329 e. The molecule has 6 aliphatic rings. The normalized spacial score (nSPS) is 25.3. The summed E-state index contributed by atoms with van der Waals surface area (Å²) in [5, 5.41) is 6.58. The number of hydrogen-bond donors (Lipinski definition) is 2. The number of anilines is 3. The fourth-order valence-electron chi connectivity index (χ4n) is 11.2. The summed E-state index contributed by atoms with van der Waals surface area (Å²) >= 11 is 0. The Labute approximate surface area is 324 Å². The van der Waals surface area contributed by atoms with E-state index in [2.05, 4.69) is 37.2 Å². The molecule has 14 heteroatoms. The number of nitrogens with one attached hydrogen (secondary N) is 2. The lowest BCUT2D eigenvalue weighted by Crippen LogP contribution is -2.68. The van der Waals surface area contributed by atoms with Crippen molar-refractivity contribution in [1.29, 1.82) is 0 Å². The van der Waals surface area contributed by atoms with Crippen LogP contribution in [-0.4, -0.2) is 78.5 Å². The monoisotopic (exact) mass is 756 g/mol. The van der Waals surface area contributed by atoms with Gasteiger partial charge in [0.2, 0.25) is 17.8 Å². The number of piperidine rings is 2. The Morgan fingerprint density at radius 1 is 0.929 bits per heavy atom. The van der Waals surface area contributed by atoms with Gasteiger partial charge in [0.1, 0.15) is 23.2 Å². The van der Waals surface area contributed by atoms with Crippen LogP contribution in [0.2, 0.25) is 0 Å². The zero-order valence-corrected chi connectivity index (χ0v) is 32.3. The number of imidazole rings is 1. The van der Waals surface area contributed by atoms with Crippen molar-refractivity contribution in [2.45, 2.75) is 88.1 Å². The number of pyridine rings is 1. The maximum absolute atomic E-state index is 13.5. The molecule has 1 atom stereocenters. The highest BCUT2D eigenvalue weighted by atomic mass is 16.2. The molecule has 1 aromatic carbocycles. The third kappa shape index (κ3) is 5.31. The Hall–Kier alpha value is -5.53. The van der Waals surface area contributed by atoms with E-state index in [0.29, 0.717) is 35.2 Å². The lowest BCUT2D eigenvalue weighted by Gasteiger charge is -2.74. The molecule has 6 fully saturated rings. The molecule has 56 heavy (non-hydrogen) atoms. The number of carbonyl (C=O) groups is 3. The van der Waals surface area contributed by atoms with Crippen LogP contribution in [0.4, 0.5) is 17.5 Å². The van der Waals surface area contributed by atoms with Gasteiger partial charge >= 0.3 is 5.69 Å². The Morgan fingerprint density at radius 3 is 2.39 bits per heavy atom. The van der Waals surface area contributed by atoms with E-state index in [4.69, 9.17) is 9.97 Å². The number of benzene rings is 1. The molecule has 2 aliphatic heterocycles. The Balaban J connectivity index is 0.794. The van der Waals surface area contributed by atoms with Crippen LogP contribution in [0.3, 0.4) is 0 Å². The van der Waals surface area contributed by atoms with Crippen LogP contribution in [0.1, 0.15) is 98.8 Å². The molecule has 4 saturated carbocycles. The SMILES string of the molecule is CN(C)C(=O)c1cc2cnc(Nc3ccc(N4CCC(C56CC(c7cccc8c7n(C)c(=O)n8[C@H]7CCC(=O)NC7=O)(C5)C6)CC4)cn3)nc2n1C1CCCC1. The minimum Gasteiger partial charge on any atom is -0.370 e. The molecule has 0 spiro atoms. The van der Waals surface area contributed by atoms with Gasteiger partial charge in [0.25, 0.3) is 5.91 Å². The standard InChI is InChI=1S/C42H48N10O4/c1-48(2)38(55)32-19-25-20-44-39(47-36(25)51(32)27-7-4-5-8-27)45-33-13-11-28(21-43-33)50-17-15-26(16-18-50)41-22-42(23-41,24-41)29-9-6-10-30-35(29)49(3)40(56)52(30)31-12-14-34(53)46-37(31)54/h6,9-11,13,19-21,26-27,31H,4-5,7-8,12,14-18,22-24H2,1-3H3,(H,46,53,54)(H,43,44,45,47)/t31-,41?,42?/m0/s1. The van der Waals surface area contributed by atoms with Crippen molar-refractivity contribution in [3.05, 3.63) is 70.5 Å². The first-order valence-electron chi connectivity index (χ1n) is 20.2. The minimum atomic E-state index is -0.675. The summed E-state index contributed by atoms with van der Waals surface area (Å²) in [6, 6.07) is 11.7. The molecule has 290 valence electrons. The quantitative estimate of drug-likeness (QED) is 0.200. The summed E-state index contributed by atoms with van der Waals surface area (Å²) in [5.41, 5.74) is 5.69. The fourth-order valence-corrected chi connectivity index (χ4v) is 11.2. The topological polar surface area (TPSA) is 152 Å². The molecule has 4 aromatic heterocycles. The lowest BCUT2D eigenvalue weighted by atomic mass is 9.30. The van der Waals surface area contributed by atoms with Crippen LogP contribution in [0.25, 0.3) is 22.1 Å². The number of aryl methyl sites for hydroxylation is 1. The van der Waals surface area contributed by atoms with Crippen molar-refractivity contribution in [2.24, 2.45) is 18.4 Å². The predicted molar refractivity (Wildman–Crippen MR) is 212 cm³/mol. The van der Waals surface area contributed by atoms with Gasteiger partial charge in [-0.2, -0.15) is 4.98 Å². The van der Waals surface area contributed by atoms with E-state index < -0.39 is 11.9 Å². The average molecular weight is 757 g/mol. The van der Waals surface area contributed by atoms with Crippen molar-refractivity contribution in [2.75, 3.05) is 37.4 Å². The van der Waals surface area contributed by atoms with E-state index in [0.717, 1.165) is 98.6 Å². The number of rotatable bonds is 8. The van der Waals surface area contributed by atoms with E-state index in [1.165, 1.54) is 5.56 Å². The summed E-state index contributed by atoms with van der Waals surface area (Å²) < 4.78 is 5.43. The van der Waals surface area contributed by atoms with Gasteiger partial charge in [-0.25, -0.2) is 14.8 Å². The molecule has 2 saturated heterocycles. The number of aromatic nitrogens is 6. The van der Waals surface area contributed by atoms with Crippen molar-refractivity contribution >= 4 is 57.2 Å². The summed E-state index contributed by atoms with van der Waals surface area (Å²) in [6.45, 7) is 1.97. The second-order valence-electron chi connectivity index (χ2n) is 17.3. The van der Waals surface area contributed by atoms with E-state index in [1.807, 2.05) is 30.5 Å². The van der Waals surface area contributed by atoms with Crippen molar-refractivity contribution < 1.29 is 14.4 Å². The van der Waals surface area contributed by atoms with Crippen LogP contribution in [0.5, 0.6) is 0 Å². The molecule has 6 heterocycles. The van der Waals surface area contributed by atoms with Crippen molar-refractivity contribution in [3.8, 4) is 0 Å². The summed E-state index contributed by atoms with van der Waals surface area (Å²) in [6.07, 6.45) is 14.3. The highest BCUT2D eigenvalue weighted by molar-refractivity contribution is 6.00. The van der Waals surface area contributed by atoms with E-state index >= 15 is 0 Å². The van der Waals surface area contributed by atoms with Crippen molar-refractivity contribution in [3.63, 3.8) is 0 Å². The van der Waals surface area contributed by atoms with Gasteiger partial charge in [-0.05, 0) is 97.9 Å². The second kappa shape index (κ2) is 12.8. The zero-order chi connectivity index (χ0) is 38.5. The Morgan fingerprint density at radius 2 is 1.70 bits per heavy atom. The molecule has 2 N–H and O–H groups in total. The van der Waals surface area contributed by atoms with Gasteiger partial charge in [-0.1, -0.05) is 25.0 Å². The van der Waals surface area contributed by atoms with Gasteiger partial charge in [0, 0.05) is 58.3 Å². The van der Waals surface area contributed by atoms with Crippen molar-refractivity contribution in [1.82, 2.24) is 38.9 Å². The molecule has 3 amide bonds. The number of imide groups is 1. The van der Waals surface area contributed by atoms with Gasteiger partial charge in [0.15, 0.2) is 0 Å². The van der Waals surface area contributed by atoms with E-state index in [9.17, 15) is 19.2 Å². The van der Waals surface area contributed by atoms with Gasteiger partial charge in [-0.15, -0.1) is 0 Å². The van der Waals surface area contributed by atoms with E-state index in [1.54, 1.807) is 41.4 Å². The van der Waals surface area contributed by atoms with E-state index in [-0.39, 0.29) is 35.4 Å². The Kier molecular flexibility index (Phi) is 7.95. The molecule has 14 nitrogen and oxygen atoms in total. The number of hydrogen-bond acceptors (Lipinski definition) is 9. The van der Waals surface area contributed by atoms with Gasteiger partial charge in [-0.3, -0.25) is 28.8 Å². The second-order valence-corrected chi connectivity index (χ2v) is 17.3.